The second kappa shape index (κ2) is 7.76. The zero-order chi connectivity index (χ0) is 18.8. The van der Waals surface area contributed by atoms with Gasteiger partial charge in [-0.3, -0.25) is 14.7 Å². The molecular formula is C20H28N6O. The van der Waals surface area contributed by atoms with Crippen molar-refractivity contribution in [3.63, 3.8) is 0 Å². The van der Waals surface area contributed by atoms with Crippen molar-refractivity contribution >= 4 is 22.8 Å². The topological polar surface area (TPSA) is 65.5 Å². The molecule has 1 amide bonds. The summed E-state index contributed by atoms with van der Waals surface area (Å²) >= 11 is 0. The fourth-order valence-corrected chi connectivity index (χ4v) is 4.15. The van der Waals surface area contributed by atoms with E-state index in [0.29, 0.717) is 17.6 Å². The number of amides is 1. The third-order valence-corrected chi connectivity index (χ3v) is 5.80. The molecule has 0 spiro atoms. The SMILES string of the molecule is CC(C)N1CCN(C(=O)[C@H]2CCCN(c3cnc4nccnc4c3)C2)CC1. The molecule has 1 atom stereocenters. The van der Waals surface area contributed by atoms with E-state index < -0.39 is 0 Å². The number of pyridine rings is 1. The smallest absolute Gasteiger partial charge is 0.227 e. The van der Waals surface area contributed by atoms with E-state index in [2.05, 4.69) is 43.5 Å². The summed E-state index contributed by atoms with van der Waals surface area (Å²) in [5.41, 5.74) is 2.49. The minimum Gasteiger partial charge on any atom is -0.369 e. The fraction of sp³-hybridized carbons (Fsp3) is 0.600. The second-order valence-electron chi connectivity index (χ2n) is 7.83. The van der Waals surface area contributed by atoms with Crippen LogP contribution >= 0.6 is 0 Å². The van der Waals surface area contributed by atoms with Crippen LogP contribution in [0.3, 0.4) is 0 Å². The van der Waals surface area contributed by atoms with Crippen molar-refractivity contribution in [1.82, 2.24) is 24.8 Å². The molecule has 2 aliphatic rings. The normalized spacial score (nSPS) is 21.8. The fourth-order valence-electron chi connectivity index (χ4n) is 4.15. The van der Waals surface area contributed by atoms with Crippen molar-refractivity contribution in [2.24, 2.45) is 5.92 Å². The zero-order valence-electron chi connectivity index (χ0n) is 16.2. The Balaban J connectivity index is 1.42. The maximum atomic E-state index is 13.1. The first kappa shape index (κ1) is 18.1. The maximum Gasteiger partial charge on any atom is 0.227 e. The van der Waals surface area contributed by atoms with Gasteiger partial charge in [0.15, 0.2) is 5.65 Å². The van der Waals surface area contributed by atoms with Crippen LogP contribution in [0.5, 0.6) is 0 Å². The molecule has 0 N–H and O–H groups in total. The van der Waals surface area contributed by atoms with Gasteiger partial charge in [0.05, 0.1) is 17.8 Å². The molecule has 0 bridgehead atoms. The minimum atomic E-state index is 0.0712. The molecule has 2 fully saturated rings. The lowest BCUT2D eigenvalue weighted by Gasteiger charge is -2.40. The van der Waals surface area contributed by atoms with Gasteiger partial charge in [0.25, 0.3) is 0 Å². The van der Waals surface area contributed by atoms with E-state index >= 15 is 0 Å². The number of hydrogen-bond donors (Lipinski definition) is 0. The number of piperidine rings is 1. The lowest BCUT2D eigenvalue weighted by molar-refractivity contribution is -0.137. The summed E-state index contributed by atoms with van der Waals surface area (Å²) in [6.45, 7) is 9.81. The van der Waals surface area contributed by atoms with Gasteiger partial charge >= 0.3 is 0 Å². The minimum absolute atomic E-state index is 0.0712. The first-order chi connectivity index (χ1) is 13.1. The summed E-state index contributed by atoms with van der Waals surface area (Å²) in [7, 11) is 0. The highest BCUT2D eigenvalue weighted by atomic mass is 16.2. The van der Waals surface area contributed by atoms with Crippen molar-refractivity contribution in [2.75, 3.05) is 44.2 Å². The predicted molar refractivity (Wildman–Crippen MR) is 106 cm³/mol. The maximum absolute atomic E-state index is 13.1. The first-order valence-corrected chi connectivity index (χ1v) is 9.96. The number of fused-ring (bicyclic) bond motifs is 1. The number of carbonyl (C=O) groups excluding carboxylic acids is 1. The van der Waals surface area contributed by atoms with Crippen LogP contribution in [0.15, 0.2) is 24.7 Å². The molecular weight excluding hydrogens is 340 g/mol. The lowest BCUT2D eigenvalue weighted by Crippen LogP contribution is -2.53. The predicted octanol–water partition coefficient (Wildman–Crippen LogP) is 1.79. The molecule has 4 heterocycles. The first-order valence-electron chi connectivity index (χ1n) is 9.96. The van der Waals surface area contributed by atoms with Crippen LogP contribution in [0.25, 0.3) is 11.2 Å². The number of hydrogen-bond acceptors (Lipinski definition) is 6. The van der Waals surface area contributed by atoms with Crippen LogP contribution in [-0.4, -0.2) is 76.0 Å². The Labute approximate surface area is 160 Å². The van der Waals surface area contributed by atoms with Crippen LogP contribution in [0.1, 0.15) is 26.7 Å². The van der Waals surface area contributed by atoms with Crippen molar-refractivity contribution in [2.45, 2.75) is 32.7 Å². The summed E-state index contributed by atoms with van der Waals surface area (Å²) in [6.07, 6.45) is 7.20. The molecule has 0 aromatic carbocycles. The number of aromatic nitrogens is 3. The van der Waals surface area contributed by atoms with Gasteiger partial charge in [-0.1, -0.05) is 0 Å². The zero-order valence-corrected chi connectivity index (χ0v) is 16.2. The largest absolute Gasteiger partial charge is 0.369 e. The highest BCUT2D eigenvalue weighted by Gasteiger charge is 2.31. The van der Waals surface area contributed by atoms with Crippen molar-refractivity contribution in [3.8, 4) is 0 Å². The molecule has 2 saturated heterocycles. The second-order valence-corrected chi connectivity index (χ2v) is 7.83. The number of anilines is 1. The van der Waals surface area contributed by atoms with Crippen molar-refractivity contribution in [3.05, 3.63) is 24.7 Å². The summed E-state index contributed by atoms with van der Waals surface area (Å²) in [6, 6.07) is 2.58. The van der Waals surface area contributed by atoms with Crippen LogP contribution in [-0.2, 0) is 4.79 Å². The monoisotopic (exact) mass is 368 g/mol. The van der Waals surface area contributed by atoms with Crippen molar-refractivity contribution < 1.29 is 4.79 Å². The third-order valence-electron chi connectivity index (χ3n) is 5.80. The van der Waals surface area contributed by atoms with E-state index in [-0.39, 0.29) is 5.92 Å². The van der Waals surface area contributed by atoms with Gasteiger partial charge in [-0.25, -0.2) is 9.97 Å². The third kappa shape index (κ3) is 3.88. The molecule has 27 heavy (non-hydrogen) atoms. The average molecular weight is 368 g/mol. The average Bonchev–Trinajstić information content (AvgIpc) is 2.73. The number of piperazine rings is 1. The highest BCUT2D eigenvalue weighted by molar-refractivity contribution is 5.80. The Morgan fingerprint density at radius 1 is 1.07 bits per heavy atom. The molecule has 0 unspecified atom stereocenters. The standard InChI is InChI=1S/C20H28N6O/c1-15(2)24-8-10-25(11-9-24)20(27)16-4-3-7-26(14-16)17-12-18-19(23-13-17)22-6-5-21-18/h5-6,12-13,15-16H,3-4,7-11,14H2,1-2H3/t16-/m0/s1. The van der Waals surface area contributed by atoms with Crippen LogP contribution < -0.4 is 4.90 Å². The highest BCUT2D eigenvalue weighted by Crippen LogP contribution is 2.26. The van der Waals surface area contributed by atoms with Gasteiger partial charge in [-0.2, -0.15) is 0 Å². The Hall–Kier alpha value is -2.28. The summed E-state index contributed by atoms with van der Waals surface area (Å²) < 4.78 is 0. The quantitative estimate of drug-likeness (QED) is 0.823. The van der Waals surface area contributed by atoms with Gasteiger partial charge < -0.3 is 9.80 Å². The van der Waals surface area contributed by atoms with E-state index in [1.807, 2.05) is 12.3 Å². The summed E-state index contributed by atoms with van der Waals surface area (Å²) in [5.74, 6) is 0.388. The van der Waals surface area contributed by atoms with Gasteiger partial charge in [-0.15, -0.1) is 0 Å². The molecule has 2 aromatic heterocycles. The van der Waals surface area contributed by atoms with Gasteiger partial charge in [0.2, 0.25) is 5.91 Å². The lowest BCUT2D eigenvalue weighted by atomic mass is 9.95. The van der Waals surface area contributed by atoms with Crippen molar-refractivity contribution in [1.29, 1.82) is 0 Å². The van der Waals surface area contributed by atoms with E-state index in [1.165, 1.54) is 0 Å². The molecule has 7 nitrogen and oxygen atoms in total. The molecule has 7 heteroatoms. The molecule has 0 aliphatic carbocycles. The summed E-state index contributed by atoms with van der Waals surface area (Å²) in [4.78, 5) is 32.9. The van der Waals surface area contributed by atoms with E-state index in [4.69, 9.17) is 0 Å². The molecule has 144 valence electrons. The Morgan fingerprint density at radius 2 is 1.85 bits per heavy atom. The molecule has 0 radical (unpaired) electrons. The van der Waals surface area contributed by atoms with E-state index in [1.54, 1.807) is 12.4 Å². The van der Waals surface area contributed by atoms with Gasteiger partial charge in [0.1, 0.15) is 5.52 Å². The van der Waals surface area contributed by atoms with Crippen LogP contribution in [0.2, 0.25) is 0 Å². The Bertz CT molecular complexity index is 802. The van der Waals surface area contributed by atoms with Crippen LogP contribution in [0.4, 0.5) is 5.69 Å². The molecule has 2 aliphatic heterocycles. The molecule has 0 saturated carbocycles. The number of rotatable bonds is 3. The van der Waals surface area contributed by atoms with Gasteiger partial charge in [-0.05, 0) is 32.8 Å². The number of carbonyl (C=O) groups is 1. The Kier molecular flexibility index (Phi) is 5.20. The van der Waals surface area contributed by atoms with E-state index in [0.717, 1.165) is 63.3 Å². The van der Waals surface area contributed by atoms with E-state index in [9.17, 15) is 4.79 Å². The van der Waals surface area contributed by atoms with Crippen LogP contribution in [0, 0.1) is 5.92 Å². The number of nitrogens with zero attached hydrogens (tertiary/aromatic N) is 6. The summed E-state index contributed by atoms with van der Waals surface area (Å²) in [5, 5.41) is 0. The Morgan fingerprint density at radius 3 is 2.63 bits per heavy atom. The molecule has 2 aromatic rings. The molecule has 4 rings (SSSR count). The van der Waals surface area contributed by atoms with Gasteiger partial charge in [0, 0.05) is 57.7 Å².